The smallest absolute Gasteiger partial charge is 0.136 e. The third-order valence-electron chi connectivity index (χ3n) is 11.5. The predicted molar refractivity (Wildman–Crippen MR) is 251 cm³/mol. The van der Waals surface area contributed by atoms with E-state index >= 15 is 0 Å². The molecule has 0 aliphatic carbocycles. The average Bonchev–Trinajstić information content (AvgIpc) is 3.80. The maximum Gasteiger partial charge on any atom is 0.136 e. The molecule has 1 aromatic heterocycles. The van der Waals surface area contributed by atoms with E-state index in [9.17, 15) is 13.7 Å². The highest BCUT2D eigenvalue weighted by atomic mass is 16.3. The quantitative estimate of drug-likeness (QED) is 0.154. The minimum atomic E-state index is -0.578. The van der Waals surface area contributed by atoms with Crippen LogP contribution in [0.3, 0.4) is 0 Å². The fraction of sp³-hybridized carbons (Fsp3) is 0.0345. The van der Waals surface area contributed by atoms with Crippen molar-refractivity contribution in [3.63, 3.8) is 0 Å². The Morgan fingerprint density at radius 1 is 0.373 bits per heavy atom. The first kappa shape index (κ1) is 23.7. The summed E-state index contributed by atoms with van der Waals surface area (Å²) in [6.45, 7) is 0. The van der Waals surface area contributed by atoms with Crippen LogP contribution < -0.4 is 0 Å². The molecule has 0 N–H and O–H groups in total. The van der Waals surface area contributed by atoms with Gasteiger partial charge in [0, 0.05) is 10.8 Å². The van der Waals surface area contributed by atoms with Gasteiger partial charge in [-0.05, 0) is 141 Å². The zero-order valence-electron chi connectivity index (χ0n) is 43.5. The van der Waals surface area contributed by atoms with Gasteiger partial charge < -0.3 is 4.42 Å². The Hall–Kier alpha value is -7.48. The number of fused-ring (bicyclic) bond motifs is 8. The van der Waals surface area contributed by atoms with Crippen LogP contribution in [0.25, 0.3) is 98.1 Å². The fourth-order valence-corrected chi connectivity index (χ4v) is 8.85. The van der Waals surface area contributed by atoms with Crippen LogP contribution >= 0.6 is 0 Å². The van der Waals surface area contributed by atoms with E-state index in [1.54, 1.807) is 6.07 Å². The lowest BCUT2D eigenvalue weighted by Gasteiger charge is -2.19. The van der Waals surface area contributed by atoms with E-state index in [4.69, 9.17) is 7.16 Å². The fourth-order valence-electron chi connectivity index (χ4n) is 8.85. The van der Waals surface area contributed by atoms with Crippen molar-refractivity contribution < 1.29 is 20.9 Å². The summed E-state index contributed by atoms with van der Waals surface area (Å²) >= 11 is 0. The predicted octanol–water partition coefficient (Wildman–Crippen LogP) is 15.9. The van der Waals surface area contributed by atoms with Crippen LogP contribution in [0.5, 0.6) is 0 Å². The second-order valence-corrected chi connectivity index (χ2v) is 14.9. The van der Waals surface area contributed by atoms with Crippen molar-refractivity contribution in [1.29, 1.82) is 0 Å². The third-order valence-corrected chi connectivity index (χ3v) is 11.5. The highest BCUT2D eigenvalue weighted by Gasteiger charge is 2.18. The molecule has 0 atom stereocenters. The van der Waals surface area contributed by atoms with Crippen LogP contribution in [0.2, 0.25) is 0 Å². The summed E-state index contributed by atoms with van der Waals surface area (Å²) in [7, 11) is 0. The number of rotatable bonds is 6. The monoisotopic (exact) mass is 762 g/mol. The number of furan rings is 1. The van der Waals surface area contributed by atoms with Crippen molar-refractivity contribution in [2.75, 3.05) is 0 Å². The molecule has 12 rings (SSSR count). The maximum atomic E-state index is 10.2. The van der Waals surface area contributed by atoms with Gasteiger partial charge in [-0.25, -0.2) is 0 Å². The Bertz CT molecular complexity index is 4260. The Morgan fingerprint density at radius 2 is 1.03 bits per heavy atom. The minimum absolute atomic E-state index is 0.0197. The molecule has 1 heteroatoms. The van der Waals surface area contributed by atoms with Gasteiger partial charge in [-0.15, -0.1) is 0 Å². The topological polar surface area (TPSA) is 13.1 Å². The van der Waals surface area contributed by atoms with Crippen LogP contribution in [0, 0.1) is 0 Å². The van der Waals surface area contributed by atoms with Gasteiger partial charge in [0.15, 0.2) is 0 Å². The zero-order chi connectivity index (χ0) is 49.3. The maximum absolute atomic E-state index is 10.2. The summed E-state index contributed by atoms with van der Waals surface area (Å²) in [5.74, 6) is 0. The van der Waals surface area contributed by atoms with Crippen LogP contribution in [0.15, 0.2) is 210 Å². The molecule has 0 saturated carbocycles. The molecule has 0 spiro atoms. The second kappa shape index (κ2) is 13.6. The van der Waals surface area contributed by atoms with E-state index in [0.717, 1.165) is 54.2 Å². The number of benzene rings is 11. The van der Waals surface area contributed by atoms with E-state index in [1.165, 1.54) is 0 Å². The molecule has 59 heavy (non-hydrogen) atoms. The molecule has 11 aromatic carbocycles. The summed E-state index contributed by atoms with van der Waals surface area (Å²) < 4.78 is 119. The van der Waals surface area contributed by atoms with Gasteiger partial charge in [0.05, 0.1) is 16.4 Å². The molecular weight excluding hydrogens is 713 g/mol. The van der Waals surface area contributed by atoms with E-state index in [-0.39, 0.29) is 91.2 Å². The molecular formula is C58H38O. The van der Waals surface area contributed by atoms with E-state index in [0.29, 0.717) is 17.5 Å². The summed E-state index contributed by atoms with van der Waals surface area (Å²) in [6.07, 6.45) is 0.114. The first-order valence-corrected chi connectivity index (χ1v) is 19.6. The largest absolute Gasteiger partial charge is 0.456 e. The van der Waals surface area contributed by atoms with Gasteiger partial charge in [0.25, 0.3) is 0 Å². The van der Waals surface area contributed by atoms with Crippen molar-refractivity contribution in [3.05, 3.63) is 228 Å². The van der Waals surface area contributed by atoms with Crippen molar-refractivity contribution >= 4 is 75.8 Å². The Labute approximate surface area is 359 Å². The zero-order valence-corrected chi connectivity index (χ0v) is 31.5. The van der Waals surface area contributed by atoms with Crippen molar-refractivity contribution in [1.82, 2.24) is 0 Å². The molecule has 0 saturated heterocycles. The van der Waals surface area contributed by atoms with Crippen LogP contribution in [-0.4, -0.2) is 0 Å². The SMILES string of the molecule is [2H]c1c(Cc2c([2H])c(-c3c4ccccc4c(Cc4cccc5ccccc45)c4ccccc34)c([2H])c3c([2H])c([2H])c([2H])c([2H])c23)c([2H])c2c(oc3c([2H])c(-c4cccc5ccccc45)c([2H])c([2H])c32)c1[2H]. The molecule has 1 nitrogen and oxygen atoms in total. The lowest BCUT2D eigenvalue weighted by Crippen LogP contribution is -1.97. The van der Waals surface area contributed by atoms with Gasteiger partial charge in [-0.2, -0.15) is 0 Å². The van der Waals surface area contributed by atoms with E-state index < -0.39 is 42.7 Å². The first-order chi connectivity index (χ1) is 34.3. The summed E-state index contributed by atoms with van der Waals surface area (Å²) in [5.41, 5.74) is 3.06. The van der Waals surface area contributed by atoms with Crippen molar-refractivity contribution in [2.45, 2.75) is 12.8 Å². The third kappa shape index (κ3) is 5.62. The van der Waals surface area contributed by atoms with Gasteiger partial charge in [0.2, 0.25) is 0 Å². The molecule has 0 unspecified atom stereocenters. The Morgan fingerprint density at radius 3 is 1.83 bits per heavy atom. The molecule has 276 valence electrons. The molecule has 0 aliphatic heterocycles. The van der Waals surface area contributed by atoms with Crippen molar-refractivity contribution in [3.8, 4) is 22.3 Å². The van der Waals surface area contributed by atoms with Gasteiger partial charge in [-0.1, -0.05) is 176 Å². The summed E-state index contributed by atoms with van der Waals surface area (Å²) in [5, 5.41) is 6.72. The molecule has 0 radical (unpaired) electrons. The first-order valence-electron chi connectivity index (χ1n) is 25.6. The molecule has 1 heterocycles. The summed E-state index contributed by atoms with van der Waals surface area (Å²) in [4.78, 5) is 0. The molecule has 0 fully saturated rings. The second-order valence-electron chi connectivity index (χ2n) is 14.9. The molecule has 0 aliphatic rings. The van der Waals surface area contributed by atoms with Crippen molar-refractivity contribution in [2.24, 2.45) is 0 Å². The van der Waals surface area contributed by atoms with Crippen LogP contribution in [0.1, 0.15) is 38.7 Å². The minimum Gasteiger partial charge on any atom is -0.456 e. The molecule has 0 bridgehead atoms. The highest BCUT2D eigenvalue weighted by molar-refractivity contribution is 6.16. The number of hydrogen-bond acceptors (Lipinski definition) is 1. The van der Waals surface area contributed by atoms with E-state index in [1.807, 2.05) is 103 Å². The molecule has 12 aromatic rings. The normalized spacial score (nSPS) is 14.7. The lowest BCUT2D eigenvalue weighted by atomic mass is 9.84. The summed E-state index contributed by atoms with van der Waals surface area (Å²) in [6, 6.07) is 38.3. The average molecular weight is 763 g/mol. The van der Waals surface area contributed by atoms with Crippen LogP contribution in [-0.2, 0) is 12.8 Å². The van der Waals surface area contributed by atoms with E-state index in [2.05, 4.69) is 24.3 Å². The van der Waals surface area contributed by atoms with Gasteiger partial charge >= 0.3 is 0 Å². The highest BCUT2D eigenvalue weighted by Crippen LogP contribution is 2.43. The van der Waals surface area contributed by atoms with Crippen LogP contribution in [0.4, 0.5) is 0 Å². The Balaban J connectivity index is 1.13. The lowest BCUT2D eigenvalue weighted by molar-refractivity contribution is 0.669. The number of hydrogen-bond donors (Lipinski definition) is 0. The Kier molecular flexibility index (Phi) is 5.45. The van der Waals surface area contributed by atoms with Gasteiger partial charge in [0.1, 0.15) is 11.2 Å². The van der Waals surface area contributed by atoms with Gasteiger partial charge in [-0.3, -0.25) is 0 Å². The molecule has 0 amide bonds. The standard InChI is InChI=1S/C58H38O/c1-4-19-45-38(13-1)16-11-18-41(45)35-54-49-22-7-9-24-52(49)58(53-25-10-8-23-50(53)54)44-33-40-15-3-5-20-46(40)43(34-44)31-37-27-30-56-55(32-37)51-29-28-42(36-57(51)59-56)48-26-12-17-39-14-2-6-21-47(39)48/h1-30,32-34,36H,31,35H2/i3D,5D,15D,20D,27D,28D,29D,30D,32D,33D,34D,36D.